The molecule has 3 unspecified atom stereocenters. The Kier molecular flexibility index (Phi) is 8.97. The smallest absolute Gasteiger partial charge is 0.244 e. The number of aliphatic hydroxyl groups excluding tert-OH is 1. The van der Waals surface area contributed by atoms with Crippen LogP contribution in [0.2, 0.25) is 0 Å². The number of benzene rings is 1. The van der Waals surface area contributed by atoms with Gasteiger partial charge >= 0.3 is 0 Å². The molecule has 8 nitrogen and oxygen atoms in total. The van der Waals surface area contributed by atoms with Crippen LogP contribution >= 0.6 is 11.8 Å². The van der Waals surface area contributed by atoms with Gasteiger partial charge in [-0.25, -0.2) is 0 Å². The lowest BCUT2D eigenvalue weighted by Crippen LogP contribution is -2.55. The Balaban J connectivity index is 1.61. The number of hydrogen-bond donors (Lipinski definition) is 3. The fourth-order valence-electron chi connectivity index (χ4n) is 6.79. The summed E-state index contributed by atoms with van der Waals surface area (Å²) in [7, 11) is 0. The van der Waals surface area contributed by atoms with E-state index in [0.29, 0.717) is 31.7 Å². The van der Waals surface area contributed by atoms with Crippen molar-refractivity contribution >= 4 is 35.2 Å². The summed E-state index contributed by atoms with van der Waals surface area (Å²) in [5, 5.41) is 15.4. The molecule has 0 saturated carbocycles. The van der Waals surface area contributed by atoms with E-state index in [9.17, 15) is 19.5 Å². The zero-order chi connectivity index (χ0) is 27.5. The maximum absolute atomic E-state index is 14.1. The van der Waals surface area contributed by atoms with Crippen molar-refractivity contribution in [1.29, 1.82) is 0 Å². The molecule has 38 heavy (non-hydrogen) atoms. The molecular weight excluding hydrogens is 502 g/mol. The van der Waals surface area contributed by atoms with E-state index in [0.717, 1.165) is 37.9 Å². The summed E-state index contributed by atoms with van der Waals surface area (Å²) in [5.41, 5.74) is 0.665. The highest BCUT2D eigenvalue weighted by Gasteiger charge is 2.77. The molecule has 3 fully saturated rings. The number of hydrogen-bond acceptors (Lipinski definition) is 6. The first-order chi connectivity index (χ1) is 18.2. The zero-order valence-electron chi connectivity index (χ0n) is 23.1. The second-order valence-corrected chi connectivity index (χ2v) is 13.1. The van der Waals surface area contributed by atoms with Crippen LogP contribution in [0, 0.1) is 11.8 Å². The summed E-state index contributed by atoms with van der Waals surface area (Å²) >= 11 is 1.69. The van der Waals surface area contributed by atoms with Crippen molar-refractivity contribution in [2.45, 2.75) is 94.2 Å². The van der Waals surface area contributed by atoms with E-state index < -0.39 is 27.4 Å². The van der Waals surface area contributed by atoms with Crippen LogP contribution in [0.5, 0.6) is 5.75 Å². The van der Waals surface area contributed by atoms with E-state index in [2.05, 4.69) is 24.5 Å². The molecule has 6 atom stereocenters. The van der Waals surface area contributed by atoms with Crippen LogP contribution in [0.15, 0.2) is 24.3 Å². The number of aliphatic hydroxyl groups is 1. The minimum Gasteiger partial charge on any atom is -0.494 e. The van der Waals surface area contributed by atoms with E-state index in [-0.39, 0.29) is 30.4 Å². The normalized spacial score (nSPS) is 30.3. The minimum absolute atomic E-state index is 0.0206. The number of likely N-dealkylation sites (tertiary alicyclic amines) is 1. The highest BCUT2D eigenvalue weighted by molar-refractivity contribution is 8.02. The first kappa shape index (κ1) is 28.7. The van der Waals surface area contributed by atoms with Crippen LogP contribution in [-0.2, 0) is 14.4 Å². The van der Waals surface area contributed by atoms with Gasteiger partial charge in [0.15, 0.2) is 0 Å². The van der Waals surface area contributed by atoms with Gasteiger partial charge in [-0.3, -0.25) is 14.4 Å². The lowest BCUT2D eigenvalue weighted by Gasteiger charge is -2.35. The Morgan fingerprint density at radius 1 is 1.16 bits per heavy atom. The topological polar surface area (TPSA) is 108 Å². The van der Waals surface area contributed by atoms with E-state index in [1.807, 2.05) is 38.1 Å². The van der Waals surface area contributed by atoms with E-state index in [1.165, 1.54) is 0 Å². The number of unbranched alkanes of at least 4 members (excludes halogenated alkanes) is 2. The second-order valence-electron chi connectivity index (χ2n) is 11.2. The molecule has 3 aliphatic rings. The van der Waals surface area contributed by atoms with Gasteiger partial charge in [0, 0.05) is 29.6 Å². The van der Waals surface area contributed by atoms with E-state index in [4.69, 9.17) is 4.74 Å². The van der Waals surface area contributed by atoms with Crippen LogP contribution in [0.3, 0.4) is 0 Å². The summed E-state index contributed by atoms with van der Waals surface area (Å²) < 4.78 is 4.49. The van der Waals surface area contributed by atoms with Crippen molar-refractivity contribution in [3.63, 3.8) is 0 Å². The zero-order valence-corrected chi connectivity index (χ0v) is 23.9. The van der Waals surface area contributed by atoms with Crippen molar-refractivity contribution in [3.8, 4) is 5.75 Å². The molecule has 2 bridgehead atoms. The van der Waals surface area contributed by atoms with Crippen LogP contribution in [-0.4, -0.2) is 69.1 Å². The second kappa shape index (κ2) is 11.9. The van der Waals surface area contributed by atoms with Gasteiger partial charge < -0.3 is 25.4 Å². The van der Waals surface area contributed by atoms with Gasteiger partial charge in [-0.15, -0.1) is 11.8 Å². The number of carbonyl (C=O) groups is 3. The first-order valence-electron chi connectivity index (χ1n) is 14.2. The maximum atomic E-state index is 14.1. The molecule has 3 aliphatic heterocycles. The number of thioether (sulfide) groups is 1. The summed E-state index contributed by atoms with van der Waals surface area (Å²) in [4.78, 5) is 43.4. The Labute approximate surface area is 230 Å². The number of anilines is 1. The van der Waals surface area contributed by atoms with Gasteiger partial charge in [0.05, 0.1) is 23.2 Å². The molecule has 1 aromatic rings. The third kappa shape index (κ3) is 5.28. The molecule has 0 aromatic heterocycles. The SMILES string of the molecule is CCCC(C)NC(=O)C1N(CCCCCO)C(=O)[C@@H]2[C@@H](C(=O)Nc3ccc(OCC)cc3)[C@@]3(C)CCC12S3. The Morgan fingerprint density at radius 3 is 2.55 bits per heavy atom. The molecule has 3 N–H and O–H groups in total. The summed E-state index contributed by atoms with van der Waals surface area (Å²) in [5.74, 6) is -0.672. The van der Waals surface area contributed by atoms with Gasteiger partial charge in [0.25, 0.3) is 0 Å². The number of carbonyl (C=O) groups excluding carboxylic acids is 3. The van der Waals surface area contributed by atoms with Gasteiger partial charge in [0.1, 0.15) is 11.8 Å². The number of nitrogens with zero attached hydrogens (tertiary/aromatic N) is 1. The Morgan fingerprint density at radius 2 is 1.89 bits per heavy atom. The fourth-order valence-corrected chi connectivity index (χ4v) is 9.14. The summed E-state index contributed by atoms with van der Waals surface area (Å²) in [6.07, 6.45) is 5.53. The quantitative estimate of drug-likeness (QED) is 0.324. The minimum atomic E-state index is -0.611. The van der Waals surface area contributed by atoms with Crippen LogP contribution in [0.4, 0.5) is 5.69 Å². The molecule has 3 amide bonds. The van der Waals surface area contributed by atoms with Crippen molar-refractivity contribution < 1.29 is 24.2 Å². The van der Waals surface area contributed by atoms with Crippen molar-refractivity contribution in [2.24, 2.45) is 11.8 Å². The molecule has 9 heteroatoms. The monoisotopic (exact) mass is 545 g/mol. The van der Waals surface area contributed by atoms with Gasteiger partial charge in [0.2, 0.25) is 17.7 Å². The first-order valence-corrected chi connectivity index (χ1v) is 15.0. The van der Waals surface area contributed by atoms with Gasteiger partial charge in [-0.2, -0.15) is 0 Å². The number of fused-ring (bicyclic) bond motifs is 1. The summed E-state index contributed by atoms with van der Waals surface area (Å²) in [6, 6.07) is 6.71. The predicted molar refractivity (Wildman–Crippen MR) is 150 cm³/mol. The molecule has 1 aromatic carbocycles. The average Bonchev–Trinajstić information content (AvgIpc) is 3.44. The molecular formula is C29H43N3O5S. The number of rotatable bonds is 13. The number of amides is 3. The fraction of sp³-hybridized carbons (Fsp3) is 0.690. The van der Waals surface area contributed by atoms with Crippen molar-refractivity contribution in [1.82, 2.24) is 10.2 Å². The standard InChI is InChI=1S/C29H43N3O5S/c1-5-10-19(3)30-26(35)24-29-16-15-28(4,38-29)22(23(29)27(36)32(24)17-8-7-9-18-33)25(34)31-20-11-13-21(14-12-20)37-6-2/h11-14,19,22-24,33H,5-10,15-18H2,1-4H3,(H,30,35)(H,31,34)/t19?,22-,23-,24?,28+,29?/m0/s1. The van der Waals surface area contributed by atoms with Crippen molar-refractivity contribution in [2.75, 3.05) is 25.1 Å². The maximum Gasteiger partial charge on any atom is 0.244 e. The molecule has 3 heterocycles. The van der Waals surface area contributed by atoms with Crippen LogP contribution in [0.25, 0.3) is 0 Å². The lowest BCUT2D eigenvalue weighted by atomic mass is 9.66. The third-order valence-corrected chi connectivity index (χ3v) is 10.4. The molecule has 1 spiro atoms. The number of ether oxygens (including phenoxy) is 1. The Hall–Kier alpha value is -2.26. The summed E-state index contributed by atoms with van der Waals surface area (Å²) in [6.45, 7) is 9.24. The highest BCUT2D eigenvalue weighted by atomic mass is 32.2. The van der Waals surface area contributed by atoms with Crippen LogP contribution in [0.1, 0.15) is 72.6 Å². The molecule has 0 aliphatic carbocycles. The lowest BCUT2D eigenvalue weighted by molar-refractivity contribution is -0.139. The average molecular weight is 546 g/mol. The third-order valence-electron chi connectivity index (χ3n) is 8.41. The van der Waals surface area contributed by atoms with E-state index in [1.54, 1.807) is 16.7 Å². The molecule has 4 rings (SSSR count). The molecule has 210 valence electrons. The predicted octanol–water partition coefficient (Wildman–Crippen LogP) is 3.97. The van der Waals surface area contributed by atoms with Crippen LogP contribution < -0.4 is 15.4 Å². The van der Waals surface area contributed by atoms with E-state index >= 15 is 0 Å². The Bertz CT molecular complexity index is 1020. The molecule has 0 radical (unpaired) electrons. The largest absolute Gasteiger partial charge is 0.494 e. The molecule has 3 saturated heterocycles. The van der Waals surface area contributed by atoms with Gasteiger partial charge in [-0.05, 0) is 83.6 Å². The number of nitrogens with one attached hydrogen (secondary N) is 2. The van der Waals surface area contributed by atoms with Gasteiger partial charge in [-0.1, -0.05) is 13.3 Å². The van der Waals surface area contributed by atoms with Crippen molar-refractivity contribution in [3.05, 3.63) is 24.3 Å². The highest BCUT2D eigenvalue weighted by Crippen LogP contribution is 2.71.